The van der Waals surface area contributed by atoms with Crippen LogP contribution in [0.3, 0.4) is 0 Å². The molecule has 2 aromatic rings. The fraction of sp³-hybridized carbons (Fsp3) is 0.333. The highest BCUT2D eigenvalue weighted by Crippen LogP contribution is 2.35. The molecule has 1 aliphatic rings. The van der Waals surface area contributed by atoms with E-state index in [9.17, 15) is 9.59 Å². The molecule has 0 spiro atoms. The summed E-state index contributed by atoms with van der Waals surface area (Å²) in [6.45, 7) is 1.19. The molecular formula is C21H24ClN3O2. The average molecular weight is 386 g/mol. The van der Waals surface area contributed by atoms with Crippen molar-refractivity contribution in [1.82, 2.24) is 9.80 Å². The van der Waals surface area contributed by atoms with Crippen LogP contribution in [0.5, 0.6) is 0 Å². The molecule has 6 heteroatoms. The summed E-state index contributed by atoms with van der Waals surface area (Å²) in [6, 6.07) is 14.9. The van der Waals surface area contributed by atoms with Crippen LogP contribution in [0.1, 0.15) is 34.8 Å². The van der Waals surface area contributed by atoms with Gasteiger partial charge in [-0.2, -0.15) is 0 Å². The number of anilines is 1. The molecule has 1 N–H and O–H groups in total. The fourth-order valence-electron chi connectivity index (χ4n) is 3.45. The van der Waals surface area contributed by atoms with E-state index in [0.29, 0.717) is 17.8 Å². The van der Waals surface area contributed by atoms with Gasteiger partial charge in [-0.15, -0.1) is 0 Å². The predicted octanol–water partition coefficient (Wildman–Crippen LogP) is 3.82. The van der Waals surface area contributed by atoms with E-state index in [1.54, 1.807) is 38.4 Å². The van der Waals surface area contributed by atoms with Crippen LogP contribution in [0, 0.1) is 0 Å². The van der Waals surface area contributed by atoms with Crippen LogP contribution in [0.2, 0.25) is 5.02 Å². The van der Waals surface area contributed by atoms with Gasteiger partial charge in [-0.25, -0.2) is 0 Å². The number of carbonyl (C=O) groups is 2. The second-order valence-electron chi connectivity index (χ2n) is 6.98. The Balaban J connectivity index is 1.62. The summed E-state index contributed by atoms with van der Waals surface area (Å²) < 4.78 is 0. The molecule has 3 rings (SSSR count). The molecule has 1 unspecified atom stereocenters. The lowest BCUT2D eigenvalue weighted by Crippen LogP contribution is -2.33. The molecule has 0 radical (unpaired) electrons. The molecule has 5 nitrogen and oxygen atoms in total. The Morgan fingerprint density at radius 1 is 1.15 bits per heavy atom. The van der Waals surface area contributed by atoms with Crippen molar-refractivity contribution in [2.24, 2.45) is 0 Å². The molecule has 0 aliphatic carbocycles. The predicted molar refractivity (Wildman–Crippen MR) is 108 cm³/mol. The number of nitrogens with one attached hydrogen (secondary N) is 1. The minimum Gasteiger partial charge on any atom is -0.345 e. The summed E-state index contributed by atoms with van der Waals surface area (Å²) >= 11 is 6.34. The number of nitrogens with zero attached hydrogens (tertiary/aromatic N) is 2. The molecule has 2 amide bonds. The first-order valence-electron chi connectivity index (χ1n) is 9.06. The number of likely N-dealkylation sites (tertiary alicyclic amines) is 1. The Morgan fingerprint density at radius 2 is 1.85 bits per heavy atom. The molecule has 1 aliphatic heterocycles. The van der Waals surface area contributed by atoms with Crippen LogP contribution in [-0.2, 0) is 4.79 Å². The first-order chi connectivity index (χ1) is 13.0. The highest BCUT2D eigenvalue weighted by Gasteiger charge is 2.28. The first-order valence-corrected chi connectivity index (χ1v) is 9.43. The topological polar surface area (TPSA) is 52.7 Å². The average Bonchev–Trinajstić information content (AvgIpc) is 3.09. The highest BCUT2D eigenvalue weighted by atomic mass is 35.5. The summed E-state index contributed by atoms with van der Waals surface area (Å²) in [5, 5.41) is 3.66. The van der Waals surface area contributed by atoms with Gasteiger partial charge in [-0.05, 0) is 55.3 Å². The molecule has 27 heavy (non-hydrogen) atoms. The van der Waals surface area contributed by atoms with Gasteiger partial charge in [0.1, 0.15) is 0 Å². The molecule has 1 saturated heterocycles. The van der Waals surface area contributed by atoms with Crippen molar-refractivity contribution in [3.63, 3.8) is 0 Å². The Bertz CT molecular complexity index is 820. The molecule has 1 atom stereocenters. The van der Waals surface area contributed by atoms with Gasteiger partial charge < -0.3 is 10.2 Å². The summed E-state index contributed by atoms with van der Waals surface area (Å²) in [5.41, 5.74) is 2.36. The van der Waals surface area contributed by atoms with Gasteiger partial charge in [0.15, 0.2) is 0 Å². The summed E-state index contributed by atoms with van der Waals surface area (Å²) in [4.78, 5) is 28.1. The molecule has 1 heterocycles. The van der Waals surface area contributed by atoms with Crippen LogP contribution < -0.4 is 5.32 Å². The monoisotopic (exact) mass is 385 g/mol. The standard InChI is InChI=1S/C21H24ClN3O2/c1-24(2)21(27)15-9-11-16(12-10-15)23-20(26)14-25-13-5-8-19(25)17-6-3-4-7-18(17)22/h3-4,6-7,9-12,19H,5,8,13-14H2,1-2H3,(H,23,26). The number of amides is 2. The first kappa shape index (κ1) is 19.4. The largest absolute Gasteiger partial charge is 0.345 e. The zero-order valence-electron chi connectivity index (χ0n) is 15.6. The number of hydrogen-bond acceptors (Lipinski definition) is 3. The fourth-order valence-corrected chi connectivity index (χ4v) is 3.71. The third-order valence-corrected chi connectivity index (χ3v) is 5.14. The highest BCUT2D eigenvalue weighted by molar-refractivity contribution is 6.31. The minimum absolute atomic E-state index is 0.0625. The van der Waals surface area contributed by atoms with E-state index in [1.165, 1.54) is 4.90 Å². The van der Waals surface area contributed by atoms with Gasteiger partial charge in [0.05, 0.1) is 6.54 Å². The van der Waals surface area contributed by atoms with Crippen molar-refractivity contribution in [2.45, 2.75) is 18.9 Å². The van der Waals surface area contributed by atoms with Crippen LogP contribution in [0.25, 0.3) is 0 Å². The number of benzene rings is 2. The van der Waals surface area contributed by atoms with Gasteiger partial charge in [0.2, 0.25) is 5.91 Å². The van der Waals surface area contributed by atoms with Crippen molar-refractivity contribution in [1.29, 1.82) is 0 Å². The van der Waals surface area contributed by atoms with Crippen LogP contribution in [0.4, 0.5) is 5.69 Å². The Morgan fingerprint density at radius 3 is 2.52 bits per heavy atom. The zero-order valence-corrected chi connectivity index (χ0v) is 16.4. The number of rotatable bonds is 5. The van der Waals surface area contributed by atoms with E-state index in [4.69, 9.17) is 11.6 Å². The van der Waals surface area contributed by atoms with Crippen LogP contribution >= 0.6 is 11.6 Å². The summed E-state index contributed by atoms with van der Waals surface area (Å²) in [5.74, 6) is -0.131. The van der Waals surface area contributed by atoms with Gasteiger partial charge in [-0.1, -0.05) is 29.8 Å². The molecule has 0 bridgehead atoms. The quantitative estimate of drug-likeness (QED) is 0.851. The summed E-state index contributed by atoms with van der Waals surface area (Å²) in [7, 11) is 3.42. The van der Waals surface area contributed by atoms with Crippen LogP contribution in [-0.4, -0.2) is 48.8 Å². The van der Waals surface area contributed by atoms with Crippen molar-refractivity contribution >= 4 is 29.1 Å². The molecular weight excluding hydrogens is 362 g/mol. The van der Waals surface area contributed by atoms with Crippen molar-refractivity contribution in [2.75, 3.05) is 32.5 Å². The second-order valence-corrected chi connectivity index (χ2v) is 7.38. The maximum absolute atomic E-state index is 12.5. The van der Waals surface area contributed by atoms with E-state index < -0.39 is 0 Å². The molecule has 2 aromatic carbocycles. The van der Waals surface area contributed by atoms with E-state index >= 15 is 0 Å². The molecule has 1 fully saturated rings. The number of carbonyl (C=O) groups excluding carboxylic acids is 2. The van der Waals surface area contributed by atoms with Crippen LogP contribution in [0.15, 0.2) is 48.5 Å². The lowest BCUT2D eigenvalue weighted by Gasteiger charge is -2.25. The maximum atomic E-state index is 12.5. The van der Waals surface area contributed by atoms with Crippen molar-refractivity contribution in [3.05, 3.63) is 64.7 Å². The molecule has 0 aromatic heterocycles. The Hall–Kier alpha value is -2.37. The minimum atomic E-state index is -0.0689. The zero-order chi connectivity index (χ0) is 19.4. The number of halogens is 1. The maximum Gasteiger partial charge on any atom is 0.253 e. The Labute approximate surface area is 164 Å². The van der Waals surface area contributed by atoms with E-state index in [1.807, 2.05) is 24.3 Å². The Kier molecular flexibility index (Phi) is 6.14. The summed E-state index contributed by atoms with van der Waals surface area (Å²) in [6.07, 6.45) is 2.04. The SMILES string of the molecule is CN(C)C(=O)c1ccc(NC(=O)CN2CCCC2c2ccccc2Cl)cc1. The lowest BCUT2D eigenvalue weighted by atomic mass is 10.0. The van der Waals surface area contributed by atoms with Gasteiger partial charge in [0, 0.05) is 36.4 Å². The third kappa shape index (κ3) is 4.67. The van der Waals surface area contributed by atoms with Gasteiger partial charge in [0.25, 0.3) is 5.91 Å². The van der Waals surface area contributed by atoms with Crippen molar-refractivity contribution in [3.8, 4) is 0 Å². The van der Waals surface area contributed by atoms with Gasteiger partial charge in [-0.3, -0.25) is 14.5 Å². The molecule has 142 valence electrons. The smallest absolute Gasteiger partial charge is 0.253 e. The van der Waals surface area contributed by atoms with E-state index in [2.05, 4.69) is 10.2 Å². The normalized spacial score (nSPS) is 16.9. The molecule has 0 saturated carbocycles. The lowest BCUT2D eigenvalue weighted by molar-refractivity contribution is -0.117. The van der Waals surface area contributed by atoms with E-state index in [-0.39, 0.29) is 17.9 Å². The van der Waals surface area contributed by atoms with Gasteiger partial charge >= 0.3 is 0 Å². The number of hydrogen-bond donors (Lipinski definition) is 1. The van der Waals surface area contributed by atoms with E-state index in [0.717, 1.165) is 30.0 Å². The third-order valence-electron chi connectivity index (χ3n) is 4.80. The second kappa shape index (κ2) is 8.55. The van der Waals surface area contributed by atoms with Crippen molar-refractivity contribution < 1.29 is 9.59 Å².